The highest BCUT2D eigenvalue weighted by molar-refractivity contribution is 5.34. The van der Waals surface area contributed by atoms with Crippen molar-refractivity contribution in [3.05, 3.63) is 48.5 Å². The summed E-state index contributed by atoms with van der Waals surface area (Å²) in [5.74, 6) is 0.699. The Morgan fingerprint density at radius 3 is 2.85 bits per heavy atom. The van der Waals surface area contributed by atoms with Gasteiger partial charge in [-0.25, -0.2) is 4.98 Å². The number of likely N-dealkylation sites (tertiary alicyclic amines) is 1. The van der Waals surface area contributed by atoms with E-state index in [1.54, 1.807) is 13.3 Å². The van der Waals surface area contributed by atoms with Gasteiger partial charge in [-0.15, -0.1) is 0 Å². The van der Waals surface area contributed by atoms with Crippen molar-refractivity contribution in [2.75, 3.05) is 26.8 Å². The number of hydrogen-bond acceptors (Lipinski definition) is 3. The normalized spacial score (nSPS) is 19.6. The van der Waals surface area contributed by atoms with Gasteiger partial charge in [0.1, 0.15) is 0 Å². The van der Waals surface area contributed by atoms with Crippen LogP contribution in [-0.4, -0.2) is 41.3 Å². The van der Waals surface area contributed by atoms with Crippen molar-refractivity contribution in [1.29, 1.82) is 0 Å². The topological polar surface area (TPSA) is 30.3 Å². The minimum absolute atomic E-state index is 0.699. The second-order valence-corrected chi connectivity index (χ2v) is 5.48. The highest BCUT2D eigenvalue weighted by Crippen LogP contribution is 2.19. The molecule has 1 atom stereocenters. The zero-order valence-corrected chi connectivity index (χ0v) is 11.9. The number of benzene rings is 1. The van der Waals surface area contributed by atoms with Crippen LogP contribution in [-0.2, 0) is 11.3 Å². The molecule has 1 unspecified atom stereocenters. The minimum atomic E-state index is 0.699. The predicted molar refractivity (Wildman–Crippen MR) is 78.8 cm³/mol. The van der Waals surface area contributed by atoms with Gasteiger partial charge in [0, 0.05) is 38.3 Å². The monoisotopic (exact) mass is 271 g/mol. The molecule has 0 N–H and O–H groups in total. The Balaban J connectivity index is 1.59. The highest BCUT2D eigenvalue weighted by Gasteiger charge is 2.21. The van der Waals surface area contributed by atoms with E-state index in [-0.39, 0.29) is 0 Å². The van der Waals surface area contributed by atoms with Gasteiger partial charge in [-0.1, -0.05) is 12.1 Å². The number of ether oxygens (including phenoxy) is 1. The average molecular weight is 271 g/mol. The van der Waals surface area contributed by atoms with E-state index >= 15 is 0 Å². The standard InChI is InChI=1S/C16H21N3O/c1-20-12-15-6-8-18(11-15)10-14-2-4-16(5-3-14)19-9-7-17-13-19/h2-5,7,9,13,15H,6,8,10-12H2,1H3. The quantitative estimate of drug-likeness (QED) is 0.836. The van der Waals surface area contributed by atoms with E-state index in [2.05, 4.69) is 34.1 Å². The largest absolute Gasteiger partial charge is 0.384 e. The van der Waals surface area contributed by atoms with E-state index in [1.165, 1.54) is 18.5 Å². The van der Waals surface area contributed by atoms with E-state index < -0.39 is 0 Å². The number of hydrogen-bond donors (Lipinski definition) is 0. The molecule has 0 aliphatic carbocycles. The molecule has 2 aromatic rings. The molecule has 0 saturated carbocycles. The van der Waals surface area contributed by atoms with Crippen molar-refractivity contribution in [2.24, 2.45) is 5.92 Å². The Bertz CT molecular complexity index is 521. The first-order chi connectivity index (χ1) is 9.85. The molecule has 0 radical (unpaired) electrons. The molecule has 1 aliphatic heterocycles. The summed E-state index contributed by atoms with van der Waals surface area (Å²) >= 11 is 0. The molecular weight excluding hydrogens is 250 g/mol. The molecule has 1 fully saturated rings. The van der Waals surface area contributed by atoms with Gasteiger partial charge in [-0.05, 0) is 36.6 Å². The van der Waals surface area contributed by atoms with E-state index in [9.17, 15) is 0 Å². The summed E-state index contributed by atoms with van der Waals surface area (Å²) in [6.07, 6.45) is 6.84. The molecular formula is C16H21N3O. The molecule has 106 valence electrons. The Morgan fingerprint density at radius 2 is 2.15 bits per heavy atom. The van der Waals surface area contributed by atoms with Crippen LogP contribution in [0.5, 0.6) is 0 Å². The van der Waals surface area contributed by atoms with Crippen LogP contribution in [0.25, 0.3) is 5.69 Å². The maximum Gasteiger partial charge on any atom is 0.0991 e. The summed E-state index contributed by atoms with van der Waals surface area (Å²) < 4.78 is 7.27. The fourth-order valence-corrected chi connectivity index (χ4v) is 2.87. The van der Waals surface area contributed by atoms with Crippen molar-refractivity contribution in [3.8, 4) is 5.69 Å². The second-order valence-electron chi connectivity index (χ2n) is 5.48. The van der Waals surface area contributed by atoms with E-state index in [4.69, 9.17) is 4.74 Å². The van der Waals surface area contributed by atoms with Crippen molar-refractivity contribution >= 4 is 0 Å². The first-order valence-corrected chi connectivity index (χ1v) is 7.14. The number of imidazole rings is 1. The predicted octanol–water partition coefficient (Wildman–Crippen LogP) is 2.34. The molecule has 20 heavy (non-hydrogen) atoms. The molecule has 0 bridgehead atoms. The molecule has 4 heteroatoms. The Hall–Kier alpha value is -1.65. The number of rotatable bonds is 5. The lowest BCUT2D eigenvalue weighted by Gasteiger charge is -2.16. The first-order valence-electron chi connectivity index (χ1n) is 7.14. The van der Waals surface area contributed by atoms with Gasteiger partial charge in [-0.3, -0.25) is 4.90 Å². The van der Waals surface area contributed by atoms with Gasteiger partial charge < -0.3 is 9.30 Å². The fourth-order valence-electron chi connectivity index (χ4n) is 2.87. The molecule has 0 amide bonds. The van der Waals surface area contributed by atoms with Crippen LogP contribution in [0, 0.1) is 5.92 Å². The van der Waals surface area contributed by atoms with Crippen LogP contribution in [0.2, 0.25) is 0 Å². The van der Waals surface area contributed by atoms with Crippen molar-refractivity contribution in [1.82, 2.24) is 14.5 Å². The molecule has 1 saturated heterocycles. The summed E-state index contributed by atoms with van der Waals surface area (Å²) in [7, 11) is 1.79. The number of nitrogens with zero attached hydrogens (tertiary/aromatic N) is 3. The lowest BCUT2D eigenvalue weighted by Crippen LogP contribution is -2.21. The number of aromatic nitrogens is 2. The molecule has 4 nitrogen and oxygen atoms in total. The second kappa shape index (κ2) is 6.20. The molecule has 3 rings (SSSR count). The third-order valence-electron chi connectivity index (χ3n) is 3.92. The van der Waals surface area contributed by atoms with Crippen LogP contribution in [0.15, 0.2) is 43.0 Å². The van der Waals surface area contributed by atoms with Crippen LogP contribution in [0.4, 0.5) is 0 Å². The van der Waals surface area contributed by atoms with Crippen molar-refractivity contribution in [2.45, 2.75) is 13.0 Å². The third kappa shape index (κ3) is 3.08. The first kappa shape index (κ1) is 13.3. The van der Waals surface area contributed by atoms with Gasteiger partial charge in [0.05, 0.1) is 12.9 Å². The van der Waals surface area contributed by atoms with E-state index in [1.807, 2.05) is 17.1 Å². The maximum atomic E-state index is 5.25. The SMILES string of the molecule is COCC1CCN(Cc2ccc(-n3ccnc3)cc2)C1. The summed E-state index contributed by atoms with van der Waals surface area (Å²) in [5.41, 5.74) is 2.52. The van der Waals surface area contributed by atoms with Crippen LogP contribution in [0.1, 0.15) is 12.0 Å². The zero-order chi connectivity index (χ0) is 13.8. The van der Waals surface area contributed by atoms with E-state index in [0.717, 1.165) is 25.4 Å². The minimum Gasteiger partial charge on any atom is -0.384 e. The fraction of sp³-hybridized carbons (Fsp3) is 0.438. The lowest BCUT2D eigenvalue weighted by molar-refractivity contribution is 0.152. The molecule has 2 heterocycles. The molecule has 0 spiro atoms. The van der Waals surface area contributed by atoms with Gasteiger partial charge in [0.15, 0.2) is 0 Å². The zero-order valence-electron chi connectivity index (χ0n) is 11.9. The maximum absolute atomic E-state index is 5.25. The summed E-state index contributed by atoms with van der Waals surface area (Å²) in [6, 6.07) is 8.72. The van der Waals surface area contributed by atoms with Gasteiger partial charge in [0.25, 0.3) is 0 Å². The Kier molecular flexibility index (Phi) is 4.14. The summed E-state index contributed by atoms with van der Waals surface area (Å²) in [6.45, 7) is 4.24. The van der Waals surface area contributed by atoms with Gasteiger partial charge >= 0.3 is 0 Å². The van der Waals surface area contributed by atoms with Crippen LogP contribution < -0.4 is 0 Å². The summed E-state index contributed by atoms with van der Waals surface area (Å²) in [5, 5.41) is 0. The van der Waals surface area contributed by atoms with Crippen LogP contribution in [0.3, 0.4) is 0 Å². The van der Waals surface area contributed by atoms with Crippen LogP contribution >= 0.6 is 0 Å². The Morgan fingerprint density at radius 1 is 1.30 bits per heavy atom. The molecule has 1 aromatic heterocycles. The van der Waals surface area contributed by atoms with Gasteiger partial charge in [0.2, 0.25) is 0 Å². The highest BCUT2D eigenvalue weighted by atomic mass is 16.5. The smallest absolute Gasteiger partial charge is 0.0991 e. The molecule has 1 aliphatic rings. The summed E-state index contributed by atoms with van der Waals surface area (Å²) in [4.78, 5) is 6.58. The third-order valence-corrected chi connectivity index (χ3v) is 3.92. The number of methoxy groups -OCH3 is 1. The average Bonchev–Trinajstić information content (AvgIpc) is 3.12. The lowest BCUT2D eigenvalue weighted by atomic mass is 10.1. The van der Waals surface area contributed by atoms with Gasteiger partial charge in [-0.2, -0.15) is 0 Å². The van der Waals surface area contributed by atoms with E-state index in [0.29, 0.717) is 5.92 Å². The Labute approximate surface area is 120 Å². The molecule has 1 aromatic carbocycles. The van der Waals surface area contributed by atoms with Crippen molar-refractivity contribution in [3.63, 3.8) is 0 Å². The van der Waals surface area contributed by atoms with Crippen molar-refractivity contribution < 1.29 is 4.74 Å².